The molecule has 1 saturated heterocycles. The van der Waals surface area contributed by atoms with Gasteiger partial charge in [-0.3, -0.25) is 4.90 Å². The Balaban J connectivity index is 0.920. The molecule has 280 valence electrons. The summed E-state index contributed by atoms with van der Waals surface area (Å²) in [5.41, 5.74) is 10.8. The van der Waals surface area contributed by atoms with Gasteiger partial charge in [0.25, 0.3) is 0 Å². The molecule has 29 unspecified atom stereocenters. The molecule has 10 saturated carbocycles. The van der Waals surface area contributed by atoms with Gasteiger partial charge in [-0.1, -0.05) is 58.7 Å². The summed E-state index contributed by atoms with van der Waals surface area (Å²) in [5, 5.41) is 0. The van der Waals surface area contributed by atoms with Crippen LogP contribution in [0.4, 0.5) is 0 Å². The Morgan fingerprint density at radius 3 is 1.95 bits per heavy atom. The second-order valence-corrected chi connectivity index (χ2v) is 23.7. The van der Waals surface area contributed by atoms with Crippen LogP contribution in [0.15, 0.2) is 70.9 Å². The van der Waals surface area contributed by atoms with Crippen LogP contribution in [-0.2, 0) is 4.74 Å². The van der Waals surface area contributed by atoms with E-state index in [4.69, 9.17) is 4.74 Å². The van der Waals surface area contributed by atoms with Crippen molar-refractivity contribution in [1.82, 2.24) is 4.90 Å². The van der Waals surface area contributed by atoms with Gasteiger partial charge < -0.3 is 4.74 Å². The van der Waals surface area contributed by atoms with Crippen molar-refractivity contribution in [2.45, 2.75) is 38.6 Å². The standard InChI is InChI=1S/C52H55NO2/c1-3-55-52(54)18-6-4-17(5-7-18)51-38-27(16-53(51)2)28-25-14-12-23-21-10-8-19-20-9-11-22-24-13-15-26-36-34(24)42-32(22)30(20)40-29(19)31(21)41-33(23)35(25)43-39(28)45(37(26)38)44(36)50-48(42)46(40)47(41)49(43)50/h4-7,9,11,13,15,19-36,38-41,43-44,46-47,49-51H,3,8,10,12,14,16H2,1-2H3. The molecule has 0 spiro atoms. The van der Waals surface area contributed by atoms with Gasteiger partial charge in [0.1, 0.15) is 0 Å². The lowest BCUT2D eigenvalue weighted by atomic mass is 9.44. The molecule has 0 amide bonds. The van der Waals surface area contributed by atoms with Crippen LogP contribution in [-0.4, -0.2) is 31.1 Å². The molecule has 55 heavy (non-hydrogen) atoms. The fourth-order valence-corrected chi connectivity index (χ4v) is 24.9. The number of carbonyl (C=O) groups is 1. The summed E-state index contributed by atoms with van der Waals surface area (Å²) in [6.45, 7) is 3.63. The van der Waals surface area contributed by atoms with E-state index in [0.717, 1.165) is 154 Å². The predicted octanol–water partition coefficient (Wildman–Crippen LogP) is 8.59. The number of fused-ring (bicyclic) bond motifs is 8. The normalized spacial score (nSPS) is 66.0. The van der Waals surface area contributed by atoms with Crippen molar-refractivity contribution in [1.29, 1.82) is 0 Å². The third-order valence-electron chi connectivity index (χ3n) is 24.1. The number of nitrogens with zero attached hydrogens (tertiary/aromatic N) is 1. The number of likely N-dealkylation sites (tertiary alicyclic amines) is 1. The van der Waals surface area contributed by atoms with Crippen LogP contribution >= 0.6 is 0 Å². The average Bonchev–Trinajstić information content (AvgIpc) is 4.06. The van der Waals surface area contributed by atoms with Crippen molar-refractivity contribution in [2.24, 2.45) is 166 Å². The van der Waals surface area contributed by atoms with Gasteiger partial charge >= 0.3 is 5.97 Å². The summed E-state index contributed by atoms with van der Waals surface area (Å²) in [6, 6.07) is 9.30. The maximum atomic E-state index is 12.8. The highest BCUT2D eigenvalue weighted by Gasteiger charge is 2.86. The summed E-state index contributed by atoms with van der Waals surface area (Å²) in [6.07, 6.45) is 18.0. The van der Waals surface area contributed by atoms with Crippen LogP contribution in [0.1, 0.15) is 54.6 Å². The molecule has 18 rings (SSSR count). The molecular formula is C52H55NO2. The lowest BCUT2D eigenvalue weighted by Crippen LogP contribution is -2.57. The Bertz CT molecular complexity index is 2240. The van der Waals surface area contributed by atoms with Gasteiger partial charge in [0.05, 0.1) is 12.2 Å². The summed E-state index contributed by atoms with van der Waals surface area (Å²) >= 11 is 0. The first-order valence-electron chi connectivity index (χ1n) is 24.0. The molecule has 0 aromatic heterocycles. The molecule has 11 fully saturated rings. The van der Waals surface area contributed by atoms with Gasteiger partial charge in [-0.2, -0.15) is 0 Å². The molecule has 17 aliphatic rings. The highest BCUT2D eigenvalue weighted by Crippen LogP contribution is 2.91. The van der Waals surface area contributed by atoms with E-state index >= 15 is 0 Å². The average molecular weight is 726 g/mol. The summed E-state index contributed by atoms with van der Waals surface area (Å²) in [7, 11) is 2.50. The topological polar surface area (TPSA) is 29.5 Å². The first kappa shape index (κ1) is 28.9. The van der Waals surface area contributed by atoms with Gasteiger partial charge in [0.2, 0.25) is 0 Å². The third kappa shape index (κ3) is 2.56. The fourth-order valence-electron chi connectivity index (χ4n) is 24.9. The number of hydrogen-bond acceptors (Lipinski definition) is 3. The van der Waals surface area contributed by atoms with Crippen LogP contribution in [0.5, 0.6) is 0 Å². The predicted molar refractivity (Wildman–Crippen MR) is 206 cm³/mol. The van der Waals surface area contributed by atoms with E-state index in [-0.39, 0.29) is 5.97 Å². The van der Waals surface area contributed by atoms with Crippen molar-refractivity contribution < 1.29 is 9.53 Å². The third-order valence-corrected chi connectivity index (χ3v) is 24.1. The summed E-state index contributed by atoms with van der Waals surface area (Å²) in [4.78, 5) is 15.7. The number of allylic oxidation sites excluding steroid dienone is 7. The lowest BCUT2D eigenvalue weighted by molar-refractivity contribution is -0.127. The molecule has 1 aromatic rings. The zero-order valence-corrected chi connectivity index (χ0v) is 32.4. The molecule has 3 heteroatoms. The molecule has 29 atom stereocenters. The number of rotatable bonds is 3. The number of carbonyl (C=O) groups excluding carboxylic acids is 1. The summed E-state index contributed by atoms with van der Waals surface area (Å²) in [5.74, 6) is 26.4. The number of hydrogen-bond donors (Lipinski definition) is 0. The zero-order chi connectivity index (χ0) is 35.0. The largest absolute Gasteiger partial charge is 0.462 e. The van der Waals surface area contributed by atoms with Gasteiger partial charge in [0, 0.05) is 24.4 Å². The van der Waals surface area contributed by atoms with Crippen molar-refractivity contribution in [3.63, 3.8) is 0 Å². The first-order valence-corrected chi connectivity index (χ1v) is 24.0. The maximum absolute atomic E-state index is 12.8. The van der Waals surface area contributed by atoms with E-state index in [0.29, 0.717) is 30.0 Å². The quantitative estimate of drug-likeness (QED) is 0.231. The van der Waals surface area contributed by atoms with Gasteiger partial charge in [0.15, 0.2) is 0 Å². The Kier molecular flexibility index (Phi) is 4.55. The lowest BCUT2D eigenvalue weighted by Gasteiger charge is -2.60. The molecule has 0 N–H and O–H groups in total. The molecule has 1 heterocycles. The van der Waals surface area contributed by atoms with E-state index in [1.807, 2.05) is 12.5 Å². The number of esters is 1. The zero-order valence-electron chi connectivity index (χ0n) is 32.4. The van der Waals surface area contributed by atoms with Gasteiger partial charge in [-0.05, 0) is 211 Å². The second-order valence-electron chi connectivity index (χ2n) is 23.7. The van der Waals surface area contributed by atoms with Crippen molar-refractivity contribution in [3.05, 3.63) is 82.0 Å². The van der Waals surface area contributed by atoms with E-state index < -0.39 is 0 Å². The number of ether oxygens (including phenoxy) is 1. The van der Waals surface area contributed by atoms with Crippen LogP contribution < -0.4 is 0 Å². The highest BCUT2D eigenvalue weighted by molar-refractivity contribution is 5.89. The summed E-state index contributed by atoms with van der Waals surface area (Å²) < 4.78 is 5.45. The molecular weight excluding hydrogens is 671 g/mol. The van der Waals surface area contributed by atoms with Gasteiger partial charge in [-0.25, -0.2) is 4.79 Å². The van der Waals surface area contributed by atoms with E-state index in [1.165, 1.54) is 12.1 Å². The second kappa shape index (κ2) is 8.65. The van der Waals surface area contributed by atoms with E-state index in [1.54, 1.807) is 25.7 Å². The Hall–Kier alpha value is -2.39. The minimum atomic E-state index is -0.174. The minimum Gasteiger partial charge on any atom is -0.462 e. The van der Waals surface area contributed by atoms with Crippen molar-refractivity contribution >= 4 is 5.97 Å². The van der Waals surface area contributed by atoms with Crippen LogP contribution in [0.25, 0.3) is 0 Å². The SMILES string of the molecule is CCOC(=O)c1ccc(C2C3C4=C5C6C7C8=C9C%10C(C=CC4C%106)C4C=CC6C%10CCC%11C%12CCC%13C(C3CN2C)C5C2C%13C%12C3C%11C%10C(C8C3C72)C6C94)cc1. The smallest absolute Gasteiger partial charge is 0.338 e. The molecule has 1 aromatic carbocycles. The molecule has 3 nitrogen and oxygen atoms in total. The Morgan fingerprint density at radius 2 is 1.13 bits per heavy atom. The molecule has 1 aliphatic heterocycles. The van der Waals surface area contributed by atoms with Crippen molar-refractivity contribution in [3.8, 4) is 0 Å². The van der Waals surface area contributed by atoms with E-state index in [9.17, 15) is 4.79 Å². The molecule has 16 aliphatic carbocycles. The molecule has 0 radical (unpaired) electrons. The maximum Gasteiger partial charge on any atom is 0.338 e. The fraction of sp³-hybridized carbons (Fsp3) is 0.712. The van der Waals surface area contributed by atoms with Crippen LogP contribution in [0, 0.1) is 166 Å². The van der Waals surface area contributed by atoms with Gasteiger partial charge in [-0.15, -0.1) is 0 Å². The number of benzene rings is 1. The minimum absolute atomic E-state index is 0.174. The van der Waals surface area contributed by atoms with Crippen LogP contribution in [0.3, 0.4) is 0 Å². The highest BCUT2D eigenvalue weighted by atomic mass is 16.5. The molecule has 0 bridgehead atoms. The Morgan fingerprint density at radius 1 is 0.545 bits per heavy atom. The van der Waals surface area contributed by atoms with Crippen LogP contribution in [0.2, 0.25) is 0 Å². The van der Waals surface area contributed by atoms with E-state index in [2.05, 4.69) is 77.2 Å². The van der Waals surface area contributed by atoms with Crippen molar-refractivity contribution in [2.75, 3.05) is 20.2 Å². The monoisotopic (exact) mass is 725 g/mol. The Labute approximate surface area is 325 Å². The first-order chi connectivity index (χ1) is 27.2.